The van der Waals surface area contributed by atoms with Gasteiger partial charge in [-0.25, -0.2) is 13.4 Å². The number of hydrogen-bond acceptors (Lipinski definition) is 8. The molecule has 1 saturated heterocycles. The molecule has 0 radical (unpaired) electrons. The molecule has 0 aliphatic carbocycles. The number of aromatic nitrogens is 4. The lowest BCUT2D eigenvalue weighted by atomic mass is 10.2. The Labute approximate surface area is 191 Å². The number of pyridine rings is 1. The standard InChI is InChI=1S/C23H25N5O4S/c1-15(2)22-25-23(32-26-22)27-10-9-18(14-27)31-17-4-7-21(24-13-17)28-11-8-16-12-19(33(3,29)30)5-6-20(16)28/h4-8,11-13,15,18H,9-10,14H2,1-3H3. The van der Waals surface area contributed by atoms with Crippen LogP contribution in [0, 0.1) is 0 Å². The first-order chi connectivity index (χ1) is 15.8. The van der Waals surface area contributed by atoms with Crippen LogP contribution in [-0.2, 0) is 9.84 Å². The van der Waals surface area contributed by atoms with E-state index in [1.54, 1.807) is 24.4 Å². The Bertz CT molecular complexity index is 1390. The largest absolute Gasteiger partial charge is 0.487 e. The zero-order chi connectivity index (χ0) is 23.2. The molecule has 0 saturated carbocycles. The Kier molecular flexibility index (Phi) is 5.32. The smallest absolute Gasteiger partial charge is 0.324 e. The first kappa shape index (κ1) is 21.4. The molecule has 1 aliphatic rings. The summed E-state index contributed by atoms with van der Waals surface area (Å²) in [6, 6.07) is 11.3. The summed E-state index contributed by atoms with van der Waals surface area (Å²) < 4.78 is 37.1. The molecule has 3 aromatic heterocycles. The van der Waals surface area contributed by atoms with Crippen LogP contribution in [0.1, 0.15) is 32.0 Å². The fourth-order valence-corrected chi connectivity index (χ4v) is 4.57. The molecule has 1 fully saturated rings. The molecule has 4 aromatic rings. The Morgan fingerprint density at radius 2 is 2.03 bits per heavy atom. The first-order valence-corrected chi connectivity index (χ1v) is 12.7. The molecule has 1 aliphatic heterocycles. The quantitative estimate of drug-likeness (QED) is 0.424. The van der Waals surface area contributed by atoms with Crippen LogP contribution < -0.4 is 9.64 Å². The van der Waals surface area contributed by atoms with Crippen molar-refractivity contribution in [1.29, 1.82) is 0 Å². The first-order valence-electron chi connectivity index (χ1n) is 10.8. The van der Waals surface area contributed by atoms with Gasteiger partial charge >= 0.3 is 6.01 Å². The molecular formula is C23H25N5O4S. The normalized spacial score (nSPS) is 16.7. The van der Waals surface area contributed by atoms with Gasteiger partial charge in [-0.15, -0.1) is 0 Å². The second kappa shape index (κ2) is 8.18. The maximum Gasteiger partial charge on any atom is 0.324 e. The number of nitrogens with zero attached hydrogens (tertiary/aromatic N) is 5. The van der Waals surface area contributed by atoms with E-state index in [0.29, 0.717) is 29.0 Å². The Morgan fingerprint density at radius 1 is 1.18 bits per heavy atom. The van der Waals surface area contributed by atoms with Gasteiger partial charge in [0.25, 0.3) is 0 Å². The van der Waals surface area contributed by atoms with Gasteiger partial charge in [0, 0.05) is 36.7 Å². The minimum atomic E-state index is -3.25. The summed E-state index contributed by atoms with van der Waals surface area (Å²) in [6.45, 7) is 5.53. The predicted molar refractivity (Wildman–Crippen MR) is 124 cm³/mol. The number of fused-ring (bicyclic) bond motifs is 1. The number of sulfone groups is 1. The zero-order valence-corrected chi connectivity index (χ0v) is 19.5. The van der Waals surface area contributed by atoms with Crippen LogP contribution in [0.2, 0.25) is 0 Å². The van der Waals surface area contributed by atoms with E-state index in [1.807, 2.05) is 47.7 Å². The van der Waals surface area contributed by atoms with E-state index in [-0.39, 0.29) is 12.0 Å². The molecule has 0 bridgehead atoms. The zero-order valence-electron chi connectivity index (χ0n) is 18.7. The lowest BCUT2D eigenvalue weighted by Crippen LogP contribution is -2.24. The van der Waals surface area contributed by atoms with Gasteiger partial charge < -0.3 is 18.7 Å². The lowest BCUT2D eigenvalue weighted by molar-refractivity contribution is 0.223. The number of anilines is 1. The Hall–Kier alpha value is -3.40. The highest BCUT2D eigenvalue weighted by molar-refractivity contribution is 7.90. The topological polar surface area (TPSA) is 103 Å². The van der Waals surface area contributed by atoms with E-state index < -0.39 is 9.84 Å². The molecule has 0 amide bonds. The van der Waals surface area contributed by atoms with Crippen LogP contribution in [0.5, 0.6) is 5.75 Å². The third-order valence-corrected chi connectivity index (χ3v) is 6.83. The minimum Gasteiger partial charge on any atom is -0.487 e. The van der Waals surface area contributed by atoms with E-state index in [4.69, 9.17) is 9.26 Å². The van der Waals surface area contributed by atoms with Crippen molar-refractivity contribution in [3.8, 4) is 11.6 Å². The van der Waals surface area contributed by atoms with E-state index in [1.165, 1.54) is 6.26 Å². The highest BCUT2D eigenvalue weighted by Crippen LogP contribution is 2.26. The SMILES string of the molecule is CC(C)c1noc(N2CCC(Oc3ccc(-n4ccc5cc(S(C)(=O)=O)ccc54)nc3)C2)n1. The molecule has 5 rings (SSSR count). The van der Waals surface area contributed by atoms with E-state index in [0.717, 1.165) is 29.7 Å². The molecule has 1 aromatic carbocycles. The third-order valence-electron chi connectivity index (χ3n) is 5.72. The molecule has 9 nitrogen and oxygen atoms in total. The van der Waals surface area contributed by atoms with Crippen LogP contribution in [-0.4, -0.2) is 53.6 Å². The maximum atomic E-state index is 11.8. The second-order valence-electron chi connectivity index (χ2n) is 8.60. The molecule has 0 N–H and O–H groups in total. The van der Waals surface area contributed by atoms with Gasteiger partial charge in [0.2, 0.25) is 0 Å². The molecule has 0 spiro atoms. The molecular weight excluding hydrogens is 442 g/mol. The summed E-state index contributed by atoms with van der Waals surface area (Å²) in [5.41, 5.74) is 0.885. The van der Waals surface area contributed by atoms with Crippen molar-refractivity contribution < 1.29 is 17.7 Å². The summed E-state index contributed by atoms with van der Waals surface area (Å²) in [6.07, 6.45) is 5.66. The summed E-state index contributed by atoms with van der Waals surface area (Å²) >= 11 is 0. The molecule has 1 unspecified atom stereocenters. The molecule has 172 valence electrons. The lowest BCUT2D eigenvalue weighted by Gasteiger charge is -2.15. The molecule has 10 heteroatoms. The average Bonchev–Trinajstić information content (AvgIpc) is 3.52. The van der Waals surface area contributed by atoms with E-state index >= 15 is 0 Å². The van der Waals surface area contributed by atoms with Crippen LogP contribution >= 0.6 is 0 Å². The second-order valence-corrected chi connectivity index (χ2v) is 10.6. The van der Waals surface area contributed by atoms with Crippen LogP contribution in [0.25, 0.3) is 16.7 Å². The monoisotopic (exact) mass is 467 g/mol. The van der Waals surface area contributed by atoms with Crippen molar-refractivity contribution >= 4 is 26.8 Å². The number of hydrogen-bond donors (Lipinski definition) is 0. The molecule has 4 heterocycles. The van der Waals surface area contributed by atoms with Crippen molar-refractivity contribution in [2.75, 3.05) is 24.2 Å². The van der Waals surface area contributed by atoms with E-state index in [2.05, 4.69) is 15.1 Å². The van der Waals surface area contributed by atoms with Crippen LogP contribution in [0.4, 0.5) is 6.01 Å². The van der Waals surface area contributed by atoms with Crippen molar-refractivity contribution in [1.82, 2.24) is 19.7 Å². The number of benzene rings is 1. The summed E-state index contributed by atoms with van der Waals surface area (Å²) in [5, 5.41) is 4.87. The minimum absolute atomic E-state index is 0.00822. The predicted octanol–water partition coefficient (Wildman–Crippen LogP) is 3.59. The van der Waals surface area contributed by atoms with Gasteiger partial charge in [-0.2, -0.15) is 4.98 Å². The summed E-state index contributed by atoms with van der Waals surface area (Å²) in [7, 11) is -3.25. The summed E-state index contributed by atoms with van der Waals surface area (Å²) in [5.74, 6) is 2.35. The van der Waals surface area contributed by atoms with Gasteiger partial charge in [0.05, 0.1) is 23.2 Å². The van der Waals surface area contributed by atoms with Crippen molar-refractivity contribution in [2.24, 2.45) is 0 Å². The Morgan fingerprint density at radius 3 is 2.73 bits per heavy atom. The highest BCUT2D eigenvalue weighted by atomic mass is 32.2. The average molecular weight is 468 g/mol. The van der Waals surface area contributed by atoms with Gasteiger partial charge in [-0.3, -0.25) is 0 Å². The van der Waals surface area contributed by atoms with Gasteiger partial charge in [-0.1, -0.05) is 19.0 Å². The van der Waals surface area contributed by atoms with Crippen molar-refractivity contribution in [2.45, 2.75) is 37.2 Å². The molecule has 33 heavy (non-hydrogen) atoms. The van der Waals surface area contributed by atoms with Crippen molar-refractivity contribution in [3.63, 3.8) is 0 Å². The number of rotatable bonds is 6. The fourth-order valence-electron chi connectivity index (χ4n) is 3.92. The third kappa shape index (κ3) is 4.30. The van der Waals surface area contributed by atoms with Crippen LogP contribution in [0.3, 0.4) is 0 Å². The van der Waals surface area contributed by atoms with Gasteiger partial charge in [0.15, 0.2) is 15.7 Å². The summed E-state index contributed by atoms with van der Waals surface area (Å²) in [4.78, 5) is 11.4. The van der Waals surface area contributed by atoms with Crippen LogP contribution in [0.15, 0.2) is 58.2 Å². The van der Waals surface area contributed by atoms with Crippen molar-refractivity contribution in [3.05, 3.63) is 54.6 Å². The van der Waals surface area contributed by atoms with Gasteiger partial charge in [-0.05, 0) is 36.4 Å². The van der Waals surface area contributed by atoms with E-state index in [9.17, 15) is 8.42 Å². The van der Waals surface area contributed by atoms with Gasteiger partial charge in [0.1, 0.15) is 17.7 Å². The highest BCUT2D eigenvalue weighted by Gasteiger charge is 2.28. The fraction of sp³-hybridized carbons (Fsp3) is 0.348. The molecule has 1 atom stereocenters. The Balaban J connectivity index is 1.27. The number of ether oxygens (including phenoxy) is 1. The maximum absolute atomic E-state index is 11.8.